The molecule has 184 valence electrons. The van der Waals surface area contributed by atoms with Gasteiger partial charge >= 0.3 is 0 Å². The number of nitrogens with zero attached hydrogens (tertiary/aromatic N) is 8. The number of aromatic nitrogens is 7. The third kappa shape index (κ3) is 3.80. The summed E-state index contributed by atoms with van der Waals surface area (Å²) < 4.78 is 16.0. The Morgan fingerprint density at radius 1 is 1.19 bits per heavy atom. The number of rotatable bonds is 5. The maximum Gasteiger partial charge on any atom is 0.276 e. The van der Waals surface area contributed by atoms with Crippen LogP contribution in [-0.2, 0) is 12.0 Å². The third-order valence-corrected chi connectivity index (χ3v) is 6.78. The van der Waals surface area contributed by atoms with E-state index in [-0.39, 0.29) is 29.7 Å². The van der Waals surface area contributed by atoms with Gasteiger partial charge in [-0.1, -0.05) is 29.5 Å². The minimum Gasteiger partial charge on any atom is -0.386 e. The molecule has 0 radical (unpaired) electrons. The van der Waals surface area contributed by atoms with Crippen LogP contribution in [0, 0.1) is 5.82 Å². The van der Waals surface area contributed by atoms with Crippen molar-refractivity contribution >= 4 is 45.1 Å². The van der Waals surface area contributed by atoms with Gasteiger partial charge in [0.25, 0.3) is 5.91 Å². The fraction of sp³-hybridized carbons (Fsp3) is 0.167. The van der Waals surface area contributed by atoms with Crippen LogP contribution in [0.25, 0.3) is 22.6 Å². The average molecular weight is 515 g/mol. The van der Waals surface area contributed by atoms with Crippen molar-refractivity contribution < 1.29 is 9.18 Å². The quantitative estimate of drug-likeness (QED) is 0.362. The largest absolute Gasteiger partial charge is 0.386 e. The van der Waals surface area contributed by atoms with Gasteiger partial charge in [-0.2, -0.15) is 5.10 Å². The first-order valence-corrected chi connectivity index (χ1v) is 12.1. The number of halogens is 1. The van der Waals surface area contributed by atoms with Gasteiger partial charge in [0.15, 0.2) is 17.3 Å². The number of hydrogen-bond acceptors (Lipinski definition) is 10. The smallest absolute Gasteiger partial charge is 0.276 e. The summed E-state index contributed by atoms with van der Waals surface area (Å²) in [5.41, 5.74) is 8.92. The number of pyridine rings is 1. The Morgan fingerprint density at radius 3 is 2.81 bits per heavy atom. The summed E-state index contributed by atoms with van der Waals surface area (Å²) in [6, 6.07) is 10.1. The molecule has 5 heterocycles. The number of nitrogens with two attached hydrogens (primary N) is 1. The fourth-order valence-electron chi connectivity index (χ4n) is 4.21. The van der Waals surface area contributed by atoms with Crippen LogP contribution >= 0.6 is 11.3 Å². The molecule has 0 atom stereocenters. The second-order valence-electron chi connectivity index (χ2n) is 8.89. The summed E-state index contributed by atoms with van der Waals surface area (Å²) in [6.45, 7) is 3.85. The van der Waals surface area contributed by atoms with Crippen LogP contribution in [0.15, 0.2) is 53.1 Å². The van der Waals surface area contributed by atoms with Gasteiger partial charge in [-0.3, -0.25) is 10.1 Å². The first-order valence-electron chi connectivity index (χ1n) is 11.2. The summed E-state index contributed by atoms with van der Waals surface area (Å²) in [5.74, 6) is -0.0743. The number of aliphatic imine (C=N–C) groups is 1. The highest BCUT2D eigenvalue weighted by Gasteiger charge is 2.40. The summed E-state index contributed by atoms with van der Waals surface area (Å²) >= 11 is 1.18. The summed E-state index contributed by atoms with van der Waals surface area (Å²) in [5, 5.41) is 16.0. The second kappa shape index (κ2) is 8.48. The minimum atomic E-state index is -0.768. The number of nitrogens with one attached hydrogen (secondary N) is 1. The second-order valence-corrected chi connectivity index (χ2v) is 9.72. The molecule has 0 aliphatic carbocycles. The number of carbonyl (C=O) groups is 1. The SMILES string of the molecule is CC1(C)C(N)=Nc2nc(-c3nn(Cc4ccccc4F)c4ncccc34)nc(C(=O)Nc3nncs3)c21. The van der Waals surface area contributed by atoms with Gasteiger partial charge in [0.1, 0.15) is 28.6 Å². The van der Waals surface area contributed by atoms with E-state index >= 15 is 0 Å². The van der Waals surface area contributed by atoms with Crippen molar-refractivity contribution in [1.29, 1.82) is 0 Å². The topological polar surface area (TPSA) is 150 Å². The monoisotopic (exact) mass is 514 g/mol. The van der Waals surface area contributed by atoms with Crippen molar-refractivity contribution in [3.8, 4) is 11.5 Å². The highest BCUT2D eigenvalue weighted by Crippen LogP contribution is 2.41. The zero-order valence-electron chi connectivity index (χ0n) is 19.7. The zero-order valence-corrected chi connectivity index (χ0v) is 20.5. The maximum absolute atomic E-state index is 14.4. The van der Waals surface area contributed by atoms with Crippen molar-refractivity contribution in [2.75, 3.05) is 5.32 Å². The lowest BCUT2D eigenvalue weighted by atomic mass is 9.84. The van der Waals surface area contributed by atoms with Crippen molar-refractivity contribution in [1.82, 2.24) is 34.9 Å². The summed E-state index contributed by atoms with van der Waals surface area (Å²) in [4.78, 5) is 31.5. The molecule has 0 fully saturated rings. The van der Waals surface area contributed by atoms with Gasteiger partial charge in [-0.05, 0) is 32.0 Å². The number of hydrogen-bond donors (Lipinski definition) is 2. The molecule has 1 amide bonds. The molecule has 3 N–H and O–H groups in total. The molecule has 0 spiro atoms. The molecule has 0 saturated heterocycles. The van der Waals surface area contributed by atoms with E-state index in [1.807, 2.05) is 19.9 Å². The van der Waals surface area contributed by atoms with E-state index in [4.69, 9.17) is 5.73 Å². The number of carbonyl (C=O) groups excluding carboxylic acids is 1. The van der Waals surface area contributed by atoms with E-state index in [1.165, 1.54) is 22.9 Å². The van der Waals surface area contributed by atoms with Crippen molar-refractivity contribution in [3.63, 3.8) is 0 Å². The van der Waals surface area contributed by atoms with E-state index in [2.05, 4.69) is 40.6 Å². The number of fused-ring (bicyclic) bond motifs is 2. The highest BCUT2D eigenvalue weighted by atomic mass is 32.1. The Hall–Kier alpha value is -4.65. The van der Waals surface area contributed by atoms with Crippen LogP contribution in [0.1, 0.15) is 35.5 Å². The van der Waals surface area contributed by atoms with Crippen molar-refractivity contribution in [2.24, 2.45) is 10.7 Å². The maximum atomic E-state index is 14.4. The van der Waals surface area contributed by atoms with Crippen molar-refractivity contribution in [3.05, 3.63) is 70.7 Å². The Balaban J connectivity index is 1.52. The molecular formula is C24H19FN10OS. The average Bonchev–Trinajstić information content (AvgIpc) is 3.58. The number of amides is 1. The first-order chi connectivity index (χ1) is 17.8. The predicted molar refractivity (Wildman–Crippen MR) is 136 cm³/mol. The zero-order chi connectivity index (χ0) is 25.7. The molecule has 11 nitrogen and oxygen atoms in total. The normalized spacial score (nSPS) is 14.0. The van der Waals surface area contributed by atoms with E-state index in [9.17, 15) is 9.18 Å². The molecule has 5 aromatic rings. The fourth-order valence-corrected chi connectivity index (χ4v) is 4.65. The van der Waals surface area contributed by atoms with Crippen molar-refractivity contribution in [2.45, 2.75) is 25.8 Å². The van der Waals surface area contributed by atoms with Gasteiger partial charge in [-0.15, -0.1) is 10.2 Å². The molecule has 6 rings (SSSR count). The van der Waals surface area contributed by atoms with E-state index in [0.29, 0.717) is 38.8 Å². The number of amidine groups is 1. The van der Waals surface area contributed by atoms with Crippen LogP contribution in [0.2, 0.25) is 0 Å². The lowest BCUT2D eigenvalue weighted by molar-refractivity contribution is 0.102. The van der Waals surface area contributed by atoms with Gasteiger partial charge in [0, 0.05) is 17.3 Å². The van der Waals surface area contributed by atoms with Gasteiger partial charge in [-0.25, -0.2) is 29.0 Å². The molecule has 1 aliphatic heterocycles. The van der Waals surface area contributed by atoms with E-state index < -0.39 is 11.3 Å². The first kappa shape index (κ1) is 22.8. The third-order valence-electron chi connectivity index (χ3n) is 6.17. The Morgan fingerprint density at radius 2 is 2.03 bits per heavy atom. The minimum absolute atomic E-state index is 0.102. The Labute approximate surface area is 213 Å². The molecule has 0 unspecified atom stereocenters. The van der Waals surface area contributed by atoms with Crippen LogP contribution in [-0.4, -0.2) is 46.7 Å². The molecule has 1 aromatic carbocycles. The van der Waals surface area contributed by atoms with Gasteiger partial charge in [0.05, 0.1) is 17.3 Å². The highest BCUT2D eigenvalue weighted by molar-refractivity contribution is 7.13. The van der Waals surface area contributed by atoms with E-state index in [0.717, 1.165) is 0 Å². The Kier molecular flexibility index (Phi) is 5.22. The summed E-state index contributed by atoms with van der Waals surface area (Å²) in [6.07, 6.45) is 1.63. The van der Waals surface area contributed by atoms with Crippen LogP contribution in [0.3, 0.4) is 0 Å². The molecule has 13 heteroatoms. The lowest BCUT2D eigenvalue weighted by Crippen LogP contribution is -2.34. The molecule has 1 aliphatic rings. The van der Waals surface area contributed by atoms with Gasteiger partial charge < -0.3 is 5.73 Å². The molecule has 0 saturated carbocycles. The van der Waals surface area contributed by atoms with Crippen LogP contribution in [0.5, 0.6) is 0 Å². The van der Waals surface area contributed by atoms with E-state index in [1.54, 1.807) is 35.1 Å². The molecule has 37 heavy (non-hydrogen) atoms. The Bertz CT molecular complexity index is 1710. The molecule has 4 aromatic heterocycles. The van der Waals surface area contributed by atoms with Gasteiger partial charge in [0.2, 0.25) is 5.13 Å². The standard InChI is InChI=1S/C24H19FN10OS/c1-24(2)15-17(21(36)32-23-33-28-11-37-23)29-19(30-18(15)31-22(24)26)16-13-7-5-9-27-20(13)35(34-16)10-12-6-3-4-8-14(12)25/h3-9,11H,10H2,1-2H3,(H,32,33,36)(H2,26,29,30,31). The predicted octanol–water partition coefficient (Wildman–Crippen LogP) is 3.46. The lowest BCUT2D eigenvalue weighted by Gasteiger charge is -2.21. The van der Waals surface area contributed by atoms with Crippen LogP contribution in [0.4, 0.5) is 15.3 Å². The number of anilines is 1. The number of benzene rings is 1. The molecule has 0 bridgehead atoms. The molecular weight excluding hydrogens is 495 g/mol. The summed E-state index contributed by atoms with van der Waals surface area (Å²) in [7, 11) is 0. The van der Waals surface area contributed by atoms with Crippen LogP contribution < -0.4 is 11.1 Å².